The Balaban J connectivity index is 1.67. The van der Waals surface area contributed by atoms with Crippen LogP contribution in [-0.4, -0.2) is 19.1 Å². The van der Waals surface area contributed by atoms with Crippen molar-refractivity contribution in [1.29, 1.82) is 0 Å². The molecule has 0 saturated heterocycles. The molecule has 0 heterocycles. The molecule has 0 bridgehead atoms. The largest absolute Gasteiger partial charge is 0.491 e. The number of amides is 1. The lowest BCUT2D eigenvalue weighted by atomic mass is 9.67. The number of benzene rings is 1. The molecule has 0 aromatic heterocycles. The van der Waals surface area contributed by atoms with Crippen molar-refractivity contribution in [2.75, 3.05) is 18.9 Å². The Labute approximate surface area is 120 Å². The van der Waals surface area contributed by atoms with Crippen molar-refractivity contribution >= 4 is 11.6 Å². The lowest BCUT2D eigenvalue weighted by Gasteiger charge is -2.41. The average molecular weight is 276 g/mol. The summed E-state index contributed by atoms with van der Waals surface area (Å²) in [6, 6.07) is 7.33. The van der Waals surface area contributed by atoms with Crippen LogP contribution in [0, 0.1) is 5.41 Å². The molecule has 110 valence electrons. The third kappa shape index (κ3) is 3.65. The molecule has 0 radical (unpaired) electrons. The van der Waals surface area contributed by atoms with Crippen LogP contribution in [0.2, 0.25) is 0 Å². The number of anilines is 1. The maximum atomic E-state index is 11.8. The number of para-hydroxylation sites is 2. The number of nitrogens with one attached hydrogen (secondary N) is 1. The summed E-state index contributed by atoms with van der Waals surface area (Å²) >= 11 is 0. The predicted molar refractivity (Wildman–Crippen MR) is 80.6 cm³/mol. The number of carbonyl (C=O) groups excluding carboxylic acids is 1. The predicted octanol–water partition coefficient (Wildman–Crippen LogP) is 2.73. The Morgan fingerprint density at radius 2 is 2.15 bits per heavy atom. The van der Waals surface area contributed by atoms with Crippen LogP contribution in [0.5, 0.6) is 5.75 Å². The maximum Gasteiger partial charge on any atom is 0.223 e. The minimum absolute atomic E-state index is 0.0548. The van der Waals surface area contributed by atoms with E-state index in [1.165, 1.54) is 19.3 Å². The molecule has 1 aromatic rings. The summed E-state index contributed by atoms with van der Waals surface area (Å²) in [5.41, 5.74) is 6.74. The monoisotopic (exact) mass is 276 g/mol. The molecule has 1 aromatic carbocycles. The van der Waals surface area contributed by atoms with Gasteiger partial charge in [-0.1, -0.05) is 25.5 Å². The Kier molecular flexibility index (Phi) is 4.88. The van der Waals surface area contributed by atoms with Gasteiger partial charge >= 0.3 is 0 Å². The Morgan fingerprint density at radius 1 is 1.40 bits per heavy atom. The van der Waals surface area contributed by atoms with E-state index >= 15 is 0 Å². The topological polar surface area (TPSA) is 64.3 Å². The third-order valence-electron chi connectivity index (χ3n) is 4.33. The number of rotatable bonds is 7. The molecule has 1 amide bonds. The van der Waals surface area contributed by atoms with Crippen molar-refractivity contribution in [3.63, 3.8) is 0 Å². The van der Waals surface area contributed by atoms with Gasteiger partial charge < -0.3 is 15.8 Å². The highest BCUT2D eigenvalue weighted by molar-refractivity contribution is 5.76. The van der Waals surface area contributed by atoms with Crippen LogP contribution in [0.3, 0.4) is 0 Å². The molecule has 4 heteroatoms. The molecule has 1 aliphatic carbocycles. The van der Waals surface area contributed by atoms with E-state index in [1.807, 2.05) is 18.2 Å². The van der Waals surface area contributed by atoms with Crippen molar-refractivity contribution < 1.29 is 9.53 Å². The van der Waals surface area contributed by atoms with Crippen molar-refractivity contribution in [3.05, 3.63) is 24.3 Å². The summed E-state index contributed by atoms with van der Waals surface area (Å²) < 4.78 is 5.52. The van der Waals surface area contributed by atoms with Crippen LogP contribution in [0.25, 0.3) is 0 Å². The molecule has 2 rings (SSSR count). The van der Waals surface area contributed by atoms with Gasteiger partial charge in [0, 0.05) is 6.54 Å². The Morgan fingerprint density at radius 3 is 2.75 bits per heavy atom. The third-order valence-corrected chi connectivity index (χ3v) is 4.33. The van der Waals surface area contributed by atoms with Gasteiger partial charge in [0.05, 0.1) is 18.7 Å². The van der Waals surface area contributed by atoms with Crippen molar-refractivity contribution in [2.24, 2.45) is 5.41 Å². The van der Waals surface area contributed by atoms with E-state index in [9.17, 15) is 4.79 Å². The summed E-state index contributed by atoms with van der Waals surface area (Å²) in [6.07, 6.45) is 5.28. The first-order valence-corrected chi connectivity index (χ1v) is 7.39. The molecule has 20 heavy (non-hydrogen) atoms. The zero-order valence-electron chi connectivity index (χ0n) is 12.2. The number of carbonyl (C=O) groups is 1. The zero-order chi connectivity index (χ0) is 14.4. The molecule has 3 N–H and O–H groups in total. The van der Waals surface area contributed by atoms with E-state index in [0.29, 0.717) is 29.9 Å². The lowest BCUT2D eigenvalue weighted by Crippen LogP contribution is -2.41. The van der Waals surface area contributed by atoms with E-state index in [0.717, 1.165) is 13.0 Å². The lowest BCUT2D eigenvalue weighted by molar-refractivity contribution is -0.122. The highest BCUT2D eigenvalue weighted by Crippen LogP contribution is 2.42. The van der Waals surface area contributed by atoms with Gasteiger partial charge in [-0.15, -0.1) is 0 Å². The van der Waals surface area contributed by atoms with Crippen LogP contribution >= 0.6 is 0 Å². The Bertz CT molecular complexity index is 450. The summed E-state index contributed by atoms with van der Waals surface area (Å²) in [6.45, 7) is 3.36. The van der Waals surface area contributed by atoms with Crippen molar-refractivity contribution in [2.45, 2.75) is 39.0 Å². The van der Waals surface area contributed by atoms with Gasteiger partial charge in [0.1, 0.15) is 5.75 Å². The number of hydrogen-bond donors (Lipinski definition) is 2. The highest BCUT2D eigenvalue weighted by Gasteiger charge is 2.34. The van der Waals surface area contributed by atoms with E-state index in [2.05, 4.69) is 12.2 Å². The minimum atomic E-state index is 0.0548. The van der Waals surface area contributed by atoms with E-state index in [4.69, 9.17) is 10.5 Å². The summed E-state index contributed by atoms with van der Waals surface area (Å²) in [7, 11) is 0. The highest BCUT2D eigenvalue weighted by atomic mass is 16.5. The summed E-state index contributed by atoms with van der Waals surface area (Å²) in [5.74, 6) is 0.698. The van der Waals surface area contributed by atoms with Crippen LogP contribution in [0.1, 0.15) is 39.0 Å². The van der Waals surface area contributed by atoms with Crippen LogP contribution < -0.4 is 15.8 Å². The second-order valence-corrected chi connectivity index (χ2v) is 5.62. The van der Waals surface area contributed by atoms with Crippen molar-refractivity contribution in [1.82, 2.24) is 5.32 Å². The van der Waals surface area contributed by atoms with Gasteiger partial charge in [-0.3, -0.25) is 4.79 Å². The first-order valence-electron chi connectivity index (χ1n) is 7.39. The van der Waals surface area contributed by atoms with Crippen molar-refractivity contribution in [3.8, 4) is 5.75 Å². The van der Waals surface area contributed by atoms with Crippen LogP contribution in [0.4, 0.5) is 5.69 Å². The fourth-order valence-electron chi connectivity index (χ4n) is 2.57. The standard InChI is InChI=1S/C16H24N2O2/c1-2-16(9-5-10-16)12-18-15(19)8-11-20-14-7-4-3-6-13(14)17/h3-4,6-7H,2,5,8-12,17H2,1H3,(H,18,19). The van der Waals surface area contributed by atoms with Gasteiger partial charge in [-0.2, -0.15) is 0 Å². The van der Waals surface area contributed by atoms with Gasteiger partial charge in [0.2, 0.25) is 5.91 Å². The average Bonchev–Trinajstić information content (AvgIpc) is 2.40. The van der Waals surface area contributed by atoms with Gasteiger partial charge in [0.25, 0.3) is 0 Å². The fraction of sp³-hybridized carbons (Fsp3) is 0.562. The molecule has 0 atom stereocenters. The van der Waals surface area contributed by atoms with E-state index in [1.54, 1.807) is 6.07 Å². The molecule has 1 aliphatic rings. The fourth-order valence-corrected chi connectivity index (χ4v) is 2.57. The molecular weight excluding hydrogens is 252 g/mol. The van der Waals surface area contributed by atoms with Crippen LogP contribution in [0.15, 0.2) is 24.3 Å². The normalized spacial score (nSPS) is 16.2. The minimum Gasteiger partial charge on any atom is -0.491 e. The van der Waals surface area contributed by atoms with Gasteiger partial charge in [-0.05, 0) is 36.8 Å². The summed E-state index contributed by atoms with van der Waals surface area (Å²) in [5, 5.41) is 3.03. The second-order valence-electron chi connectivity index (χ2n) is 5.62. The van der Waals surface area contributed by atoms with Gasteiger partial charge in [0.15, 0.2) is 0 Å². The first kappa shape index (κ1) is 14.7. The van der Waals surface area contributed by atoms with E-state index in [-0.39, 0.29) is 5.91 Å². The number of nitrogen functional groups attached to an aromatic ring is 1. The molecule has 1 saturated carbocycles. The molecule has 0 unspecified atom stereocenters. The summed E-state index contributed by atoms with van der Waals surface area (Å²) in [4.78, 5) is 11.8. The smallest absolute Gasteiger partial charge is 0.223 e. The van der Waals surface area contributed by atoms with Crippen LogP contribution in [-0.2, 0) is 4.79 Å². The number of hydrogen-bond acceptors (Lipinski definition) is 3. The maximum absolute atomic E-state index is 11.8. The second kappa shape index (κ2) is 6.64. The first-order chi connectivity index (χ1) is 9.65. The Hall–Kier alpha value is -1.71. The molecule has 1 fully saturated rings. The van der Waals surface area contributed by atoms with Gasteiger partial charge in [-0.25, -0.2) is 0 Å². The number of nitrogens with two attached hydrogens (primary N) is 1. The molecule has 4 nitrogen and oxygen atoms in total. The molecule has 0 aliphatic heterocycles. The zero-order valence-corrected chi connectivity index (χ0v) is 12.2. The quantitative estimate of drug-likeness (QED) is 0.753. The molecular formula is C16H24N2O2. The van der Waals surface area contributed by atoms with E-state index < -0.39 is 0 Å². The molecule has 0 spiro atoms. The SMILES string of the molecule is CCC1(CNC(=O)CCOc2ccccc2N)CCC1. The number of ether oxygens (including phenoxy) is 1.